The number of aromatic hydroxyl groups is 1. The van der Waals surface area contributed by atoms with Gasteiger partial charge in [-0.1, -0.05) is 43.6 Å². The van der Waals surface area contributed by atoms with Crippen molar-refractivity contribution in [1.82, 2.24) is 10.3 Å². The summed E-state index contributed by atoms with van der Waals surface area (Å²) in [5, 5.41) is 15.0. The molecule has 140 valence electrons. The molecule has 1 heterocycles. The van der Waals surface area contributed by atoms with Crippen LogP contribution in [0.15, 0.2) is 48.7 Å². The largest absolute Gasteiger partial charge is 0.505 e. The number of para-hydroxylation sites is 1. The SMILES string of the molecule is COc1ccccc1C(NC(=O)C(C)C)c1cc(Cl)c2cccnc2c1O. The van der Waals surface area contributed by atoms with Gasteiger partial charge in [0.15, 0.2) is 0 Å². The van der Waals surface area contributed by atoms with Crippen LogP contribution >= 0.6 is 11.6 Å². The Labute approximate surface area is 163 Å². The second kappa shape index (κ2) is 7.84. The minimum atomic E-state index is -0.639. The number of amides is 1. The molecule has 1 atom stereocenters. The summed E-state index contributed by atoms with van der Waals surface area (Å²) in [7, 11) is 1.56. The van der Waals surface area contributed by atoms with Crippen LogP contribution in [0.4, 0.5) is 0 Å². The first-order valence-corrected chi connectivity index (χ1v) is 9.01. The molecular formula is C21H21ClN2O3. The highest BCUT2D eigenvalue weighted by atomic mass is 35.5. The molecule has 6 heteroatoms. The standard InChI is InChI=1S/C21H21ClN2O3/c1-12(2)21(26)24-18(14-7-4-5-9-17(14)27-3)15-11-16(22)13-8-6-10-23-19(13)20(15)25/h4-12,18,25H,1-3H3,(H,24,26). The third kappa shape index (κ3) is 3.69. The van der Waals surface area contributed by atoms with Gasteiger partial charge in [0.1, 0.15) is 17.0 Å². The first-order chi connectivity index (χ1) is 12.9. The van der Waals surface area contributed by atoms with Crippen molar-refractivity contribution in [2.75, 3.05) is 7.11 Å². The maximum Gasteiger partial charge on any atom is 0.223 e. The zero-order chi connectivity index (χ0) is 19.6. The molecule has 0 spiro atoms. The molecular weight excluding hydrogens is 364 g/mol. The summed E-state index contributed by atoms with van der Waals surface area (Å²) in [4.78, 5) is 16.7. The van der Waals surface area contributed by atoms with Crippen molar-refractivity contribution in [3.8, 4) is 11.5 Å². The number of nitrogens with one attached hydrogen (secondary N) is 1. The van der Waals surface area contributed by atoms with Gasteiger partial charge >= 0.3 is 0 Å². The molecule has 0 aliphatic rings. The van der Waals surface area contributed by atoms with Gasteiger partial charge < -0.3 is 15.2 Å². The number of nitrogens with zero attached hydrogens (tertiary/aromatic N) is 1. The molecule has 1 amide bonds. The maximum atomic E-state index is 12.5. The van der Waals surface area contributed by atoms with Crippen molar-refractivity contribution in [2.45, 2.75) is 19.9 Å². The van der Waals surface area contributed by atoms with Crippen LogP contribution in [0.1, 0.15) is 31.0 Å². The fourth-order valence-electron chi connectivity index (χ4n) is 2.96. The quantitative estimate of drug-likeness (QED) is 0.681. The van der Waals surface area contributed by atoms with Crippen LogP contribution in [0.25, 0.3) is 10.9 Å². The van der Waals surface area contributed by atoms with Gasteiger partial charge in [-0.05, 0) is 24.3 Å². The molecule has 0 bridgehead atoms. The van der Waals surface area contributed by atoms with Crippen molar-refractivity contribution in [3.63, 3.8) is 0 Å². The van der Waals surface area contributed by atoms with E-state index in [-0.39, 0.29) is 17.6 Å². The van der Waals surface area contributed by atoms with Crippen LogP contribution in [0.5, 0.6) is 11.5 Å². The molecule has 0 fully saturated rings. The fourth-order valence-corrected chi connectivity index (χ4v) is 3.23. The predicted octanol–water partition coefficient (Wildman–Crippen LogP) is 4.46. The number of carbonyl (C=O) groups excluding carboxylic acids is 1. The van der Waals surface area contributed by atoms with E-state index in [0.717, 1.165) is 5.56 Å². The zero-order valence-electron chi connectivity index (χ0n) is 15.4. The average molecular weight is 385 g/mol. The molecule has 0 aliphatic carbocycles. The Morgan fingerprint density at radius 2 is 1.93 bits per heavy atom. The van der Waals surface area contributed by atoms with Crippen LogP contribution in [-0.2, 0) is 4.79 Å². The number of phenols is 1. The second-order valence-corrected chi connectivity index (χ2v) is 6.94. The topological polar surface area (TPSA) is 71.5 Å². The molecule has 5 nitrogen and oxygen atoms in total. The zero-order valence-corrected chi connectivity index (χ0v) is 16.1. The number of aromatic nitrogens is 1. The lowest BCUT2D eigenvalue weighted by molar-refractivity contribution is -0.124. The number of ether oxygens (including phenoxy) is 1. The summed E-state index contributed by atoms with van der Waals surface area (Å²) < 4.78 is 5.47. The highest BCUT2D eigenvalue weighted by Crippen LogP contribution is 2.40. The number of fused-ring (bicyclic) bond motifs is 1. The van der Waals surface area contributed by atoms with E-state index in [4.69, 9.17) is 16.3 Å². The Balaban J connectivity index is 2.23. The molecule has 3 aromatic rings. The van der Waals surface area contributed by atoms with Gasteiger partial charge in [0, 0.05) is 28.6 Å². The first-order valence-electron chi connectivity index (χ1n) is 8.63. The first kappa shape index (κ1) is 19.0. The van der Waals surface area contributed by atoms with E-state index in [9.17, 15) is 9.90 Å². The minimum absolute atomic E-state index is 0.0186. The van der Waals surface area contributed by atoms with Crippen LogP contribution in [0.3, 0.4) is 0 Å². The van der Waals surface area contributed by atoms with Crippen molar-refractivity contribution in [1.29, 1.82) is 0 Å². The number of hydrogen-bond donors (Lipinski definition) is 2. The van der Waals surface area contributed by atoms with E-state index in [2.05, 4.69) is 10.3 Å². The van der Waals surface area contributed by atoms with Crippen LogP contribution < -0.4 is 10.1 Å². The Morgan fingerprint density at radius 3 is 2.63 bits per heavy atom. The molecule has 0 aliphatic heterocycles. The number of phenolic OH excluding ortho intramolecular Hbond substituents is 1. The van der Waals surface area contributed by atoms with E-state index >= 15 is 0 Å². The number of benzene rings is 2. The average Bonchev–Trinajstić information content (AvgIpc) is 2.69. The normalized spacial score (nSPS) is 12.2. The molecule has 1 unspecified atom stereocenters. The van der Waals surface area contributed by atoms with Gasteiger partial charge in [0.2, 0.25) is 5.91 Å². The lowest BCUT2D eigenvalue weighted by atomic mass is 9.95. The Hall–Kier alpha value is -2.79. The number of methoxy groups -OCH3 is 1. The summed E-state index contributed by atoms with van der Waals surface area (Å²) in [5.74, 6) is 0.208. The fraction of sp³-hybridized carbons (Fsp3) is 0.238. The van der Waals surface area contributed by atoms with Gasteiger partial charge in [-0.25, -0.2) is 0 Å². The third-order valence-corrected chi connectivity index (χ3v) is 4.73. The van der Waals surface area contributed by atoms with E-state index in [0.29, 0.717) is 27.2 Å². The molecule has 0 saturated carbocycles. The Kier molecular flexibility index (Phi) is 5.51. The highest BCUT2D eigenvalue weighted by Gasteiger charge is 2.26. The number of rotatable bonds is 5. The van der Waals surface area contributed by atoms with Gasteiger partial charge in [0.25, 0.3) is 0 Å². The van der Waals surface area contributed by atoms with Crippen molar-refractivity contribution < 1.29 is 14.6 Å². The van der Waals surface area contributed by atoms with E-state index in [1.54, 1.807) is 31.5 Å². The Morgan fingerprint density at radius 1 is 1.19 bits per heavy atom. The molecule has 1 aromatic heterocycles. The summed E-state index contributed by atoms with van der Waals surface area (Å²) in [5.41, 5.74) is 1.57. The summed E-state index contributed by atoms with van der Waals surface area (Å²) >= 11 is 6.44. The predicted molar refractivity (Wildman–Crippen MR) is 106 cm³/mol. The maximum absolute atomic E-state index is 12.5. The van der Waals surface area contributed by atoms with Crippen LogP contribution in [-0.4, -0.2) is 23.1 Å². The van der Waals surface area contributed by atoms with E-state index in [1.165, 1.54) is 0 Å². The van der Waals surface area contributed by atoms with Gasteiger partial charge in [0.05, 0.1) is 18.2 Å². The number of pyridine rings is 1. The number of halogens is 1. The highest BCUT2D eigenvalue weighted by molar-refractivity contribution is 6.35. The summed E-state index contributed by atoms with van der Waals surface area (Å²) in [6.07, 6.45) is 1.59. The van der Waals surface area contributed by atoms with Crippen LogP contribution in [0.2, 0.25) is 5.02 Å². The second-order valence-electron chi connectivity index (χ2n) is 6.53. The third-order valence-electron chi connectivity index (χ3n) is 4.42. The molecule has 3 rings (SSSR count). The lowest BCUT2D eigenvalue weighted by Crippen LogP contribution is -2.32. The summed E-state index contributed by atoms with van der Waals surface area (Å²) in [6, 6.07) is 11.9. The van der Waals surface area contributed by atoms with E-state index < -0.39 is 6.04 Å². The smallest absolute Gasteiger partial charge is 0.223 e. The number of hydrogen-bond acceptors (Lipinski definition) is 4. The molecule has 0 saturated heterocycles. The van der Waals surface area contributed by atoms with Crippen molar-refractivity contribution in [3.05, 3.63) is 64.8 Å². The van der Waals surface area contributed by atoms with Crippen LogP contribution in [0, 0.1) is 5.92 Å². The molecule has 2 aromatic carbocycles. The monoisotopic (exact) mass is 384 g/mol. The molecule has 27 heavy (non-hydrogen) atoms. The molecule has 2 N–H and O–H groups in total. The van der Waals surface area contributed by atoms with E-state index in [1.807, 2.05) is 38.1 Å². The van der Waals surface area contributed by atoms with Crippen molar-refractivity contribution in [2.24, 2.45) is 5.92 Å². The lowest BCUT2D eigenvalue weighted by Gasteiger charge is -2.24. The summed E-state index contributed by atoms with van der Waals surface area (Å²) in [6.45, 7) is 3.62. The molecule has 0 radical (unpaired) electrons. The Bertz CT molecular complexity index is 988. The van der Waals surface area contributed by atoms with Gasteiger partial charge in [-0.3, -0.25) is 9.78 Å². The number of carbonyl (C=O) groups is 1. The van der Waals surface area contributed by atoms with Crippen molar-refractivity contribution >= 4 is 28.4 Å². The minimum Gasteiger partial charge on any atom is -0.505 e. The van der Waals surface area contributed by atoms with Gasteiger partial charge in [-0.15, -0.1) is 0 Å². The van der Waals surface area contributed by atoms with Gasteiger partial charge in [-0.2, -0.15) is 0 Å².